The first kappa shape index (κ1) is 27.3. The van der Waals surface area contributed by atoms with Crippen LogP contribution in [0, 0.1) is 5.82 Å². The van der Waals surface area contributed by atoms with Crippen molar-refractivity contribution in [2.24, 2.45) is 0 Å². The first-order chi connectivity index (χ1) is 17.4. The second-order valence-electron chi connectivity index (χ2n) is 8.25. The number of rotatable bonds is 13. The van der Waals surface area contributed by atoms with E-state index in [1.54, 1.807) is 12.3 Å². The maximum absolute atomic E-state index is 14.4. The van der Waals surface area contributed by atoms with Gasteiger partial charge in [0.05, 0.1) is 30.1 Å². The Bertz CT molecular complexity index is 1160. The number of nitrogens with zero attached hydrogens (tertiary/aromatic N) is 3. The van der Waals surface area contributed by atoms with Crippen LogP contribution in [0.4, 0.5) is 15.9 Å². The normalized spacial score (nSPS) is 10.9. The van der Waals surface area contributed by atoms with Crippen molar-refractivity contribution in [3.63, 3.8) is 0 Å². The zero-order valence-electron chi connectivity index (χ0n) is 20.6. The molecule has 0 radical (unpaired) electrons. The monoisotopic (exact) mass is 515 g/mol. The van der Waals surface area contributed by atoms with Gasteiger partial charge in [0.15, 0.2) is 17.4 Å². The summed E-state index contributed by atoms with van der Waals surface area (Å²) >= 11 is 6.02. The predicted molar refractivity (Wildman–Crippen MR) is 139 cm³/mol. The van der Waals surface area contributed by atoms with Gasteiger partial charge in [-0.1, -0.05) is 25.4 Å². The van der Waals surface area contributed by atoms with Gasteiger partial charge in [-0.3, -0.25) is 9.78 Å². The van der Waals surface area contributed by atoms with Crippen molar-refractivity contribution < 1.29 is 13.9 Å². The van der Waals surface area contributed by atoms with Gasteiger partial charge in [-0.25, -0.2) is 14.4 Å². The lowest BCUT2D eigenvalue weighted by Crippen LogP contribution is -2.33. The molecule has 0 spiro atoms. The molecule has 0 aliphatic rings. The van der Waals surface area contributed by atoms with Gasteiger partial charge in [-0.15, -0.1) is 0 Å². The van der Waals surface area contributed by atoms with Gasteiger partial charge in [-0.2, -0.15) is 0 Å². The third kappa shape index (κ3) is 7.84. The van der Waals surface area contributed by atoms with E-state index in [-0.39, 0.29) is 23.1 Å². The number of amides is 1. The van der Waals surface area contributed by atoms with Crippen LogP contribution >= 0.6 is 11.6 Å². The lowest BCUT2D eigenvalue weighted by Gasteiger charge is -2.14. The van der Waals surface area contributed by atoms with Crippen LogP contribution in [0.15, 0.2) is 42.9 Å². The summed E-state index contributed by atoms with van der Waals surface area (Å²) in [6, 6.07) is 6.26. The standard InChI is InChI=1S/C25H31ClFN7O2/c1-16(2)30-12-11-28-8-4-9-31-25(35)19-14-29-10-7-21(19)33-24-22(36-3)15-32-23(34-24)18-13-17(26)5-6-20(18)27/h5-7,10,13-16,28,30H,4,8-9,11-12H2,1-3H3,(H,31,35)(H,29,32,33,34). The van der Waals surface area contributed by atoms with Crippen molar-refractivity contribution in [2.45, 2.75) is 26.3 Å². The number of methoxy groups -OCH3 is 1. The van der Waals surface area contributed by atoms with Gasteiger partial charge in [0, 0.05) is 43.1 Å². The minimum Gasteiger partial charge on any atom is -0.491 e. The highest BCUT2D eigenvalue weighted by atomic mass is 35.5. The van der Waals surface area contributed by atoms with Crippen LogP contribution in [-0.2, 0) is 0 Å². The smallest absolute Gasteiger partial charge is 0.254 e. The fraction of sp³-hybridized carbons (Fsp3) is 0.360. The molecule has 11 heteroatoms. The highest BCUT2D eigenvalue weighted by Crippen LogP contribution is 2.30. The molecule has 1 aromatic carbocycles. The second-order valence-corrected chi connectivity index (χ2v) is 8.69. The molecular weight excluding hydrogens is 485 g/mol. The van der Waals surface area contributed by atoms with Crippen LogP contribution < -0.4 is 26.0 Å². The maximum atomic E-state index is 14.4. The summed E-state index contributed by atoms with van der Waals surface area (Å²) in [4.78, 5) is 25.5. The molecule has 0 fully saturated rings. The molecule has 3 rings (SSSR count). The van der Waals surface area contributed by atoms with E-state index in [0.29, 0.717) is 34.6 Å². The number of hydrogen-bond donors (Lipinski definition) is 4. The average molecular weight is 516 g/mol. The molecule has 192 valence electrons. The van der Waals surface area contributed by atoms with E-state index in [2.05, 4.69) is 50.1 Å². The van der Waals surface area contributed by atoms with Crippen molar-refractivity contribution in [1.82, 2.24) is 30.9 Å². The Hall–Kier alpha value is -3.34. The number of carbonyl (C=O) groups is 1. The van der Waals surface area contributed by atoms with Crippen LogP contribution in [0.5, 0.6) is 5.75 Å². The van der Waals surface area contributed by atoms with Crippen LogP contribution in [0.1, 0.15) is 30.6 Å². The number of benzene rings is 1. The Morgan fingerprint density at radius 3 is 2.75 bits per heavy atom. The summed E-state index contributed by atoms with van der Waals surface area (Å²) in [5.41, 5.74) is 0.951. The van der Waals surface area contributed by atoms with E-state index in [1.807, 2.05) is 0 Å². The quantitative estimate of drug-likeness (QED) is 0.254. The zero-order chi connectivity index (χ0) is 25.9. The first-order valence-corrected chi connectivity index (χ1v) is 12.1. The predicted octanol–water partition coefficient (Wildman–Crippen LogP) is 3.79. The second kappa shape index (κ2) is 13.7. The van der Waals surface area contributed by atoms with Crippen molar-refractivity contribution in [3.8, 4) is 17.1 Å². The van der Waals surface area contributed by atoms with Crippen LogP contribution in [0.3, 0.4) is 0 Å². The topological polar surface area (TPSA) is 113 Å². The minimum absolute atomic E-state index is 0.120. The third-order valence-electron chi connectivity index (χ3n) is 5.13. The molecule has 0 unspecified atom stereocenters. The Morgan fingerprint density at radius 2 is 1.97 bits per heavy atom. The lowest BCUT2D eigenvalue weighted by molar-refractivity contribution is 0.0953. The highest BCUT2D eigenvalue weighted by molar-refractivity contribution is 6.30. The van der Waals surface area contributed by atoms with Gasteiger partial charge >= 0.3 is 0 Å². The maximum Gasteiger partial charge on any atom is 0.254 e. The Balaban J connectivity index is 1.67. The average Bonchev–Trinajstić information content (AvgIpc) is 2.87. The molecule has 0 bridgehead atoms. The van der Waals surface area contributed by atoms with Crippen molar-refractivity contribution in [2.75, 3.05) is 38.6 Å². The molecular formula is C25H31ClFN7O2. The lowest BCUT2D eigenvalue weighted by atomic mass is 10.2. The number of pyridine rings is 1. The number of nitrogens with one attached hydrogen (secondary N) is 4. The van der Waals surface area contributed by atoms with Gasteiger partial charge in [0.1, 0.15) is 5.82 Å². The van der Waals surface area contributed by atoms with Gasteiger partial charge in [0.25, 0.3) is 5.91 Å². The zero-order valence-corrected chi connectivity index (χ0v) is 21.3. The molecule has 0 aliphatic carbocycles. The van der Waals surface area contributed by atoms with E-state index in [1.165, 1.54) is 37.7 Å². The summed E-state index contributed by atoms with van der Waals surface area (Å²) in [5, 5.41) is 13.0. The highest BCUT2D eigenvalue weighted by Gasteiger charge is 2.17. The fourth-order valence-electron chi connectivity index (χ4n) is 3.31. The Labute approximate surface area is 215 Å². The number of ether oxygens (including phenoxy) is 1. The van der Waals surface area contributed by atoms with E-state index in [0.717, 1.165) is 26.1 Å². The first-order valence-electron chi connectivity index (χ1n) is 11.7. The van der Waals surface area contributed by atoms with E-state index in [9.17, 15) is 9.18 Å². The Morgan fingerprint density at radius 1 is 1.14 bits per heavy atom. The molecule has 0 atom stereocenters. The summed E-state index contributed by atoms with van der Waals surface area (Å²) < 4.78 is 19.7. The number of carbonyl (C=O) groups excluding carboxylic acids is 1. The van der Waals surface area contributed by atoms with Gasteiger partial charge in [-0.05, 0) is 37.2 Å². The van der Waals surface area contributed by atoms with E-state index >= 15 is 0 Å². The number of halogens is 2. The van der Waals surface area contributed by atoms with Gasteiger partial charge < -0.3 is 26.0 Å². The molecule has 36 heavy (non-hydrogen) atoms. The SMILES string of the molecule is COc1cnc(-c2cc(Cl)ccc2F)nc1Nc1ccncc1C(=O)NCCCNCCNC(C)C. The molecule has 4 N–H and O–H groups in total. The molecule has 0 aliphatic heterocycles. The molecule has 0 saturated heterocycles. The van der Waals surface area contributed by atoms with Crippen molar-refractivity contribution in [3.05, 3.63) is 59.3 Å². The van der Waals surface area contributed by atoms with Crippen LogP contribution in [-0.4, -0.2) is 60.2 Å². The third-order valence-corrected chi connectivity index (χ3v) is 5.37. The largest absolute Gasteiger partial charge is 0.491 e. The molecule has 0 saturated carbocycles. The molecule has 2 aromatic heterocycles. The summed E-state index contributed by atoms with van der Waals surface area (Å²) in [6.07, 6.45) is 5.23. The summed E-state index contributed by atoms with van der Waals surface area (Å²) in [5.74, 6) is -0.0791. The fourth-order valence-corrected chi connectivity index (χ4v) is 3.48. The van der Waals surface area contributed by atoms with Gasteiger partial charge in [0.2, 0.25) is 0 Å². The number of anilines is 2. The number of hydrogen-bond acceptors (Lipinski definition) is 8. The molecule has 1 amide bonds. The number of aromatic nitrogens is 3. The Kier molecular flexibility index (Phi) is 10.3. The van der Waals surface area contributed by atoms with E-state index in [4.69, 9.17) is 16.3 Å². The van der Waals surface area contributed by atoms with E-state index < -0.39 is 5.82 Å². The van der Waals surface area contributed by atoms with Crippen LogP contribution in [0.25, 0.3) is 11.4 Å². The van der Waals surface area contributed by atoms with Crippen LogP contribution in [0.2, 0.25) is 5.02 Å². The van der Waals surface area contributed by atoms with Crippen molar-refractivity contribution in [1.29, 1.82) is 0 Å². The molecule has 3 aromatic rings. The molecule has 2 heterocycles. The summed E-state index contributed by atoms with van der Waals surface area (Å²) in [6.45, 7) is 7.27. The van der Waals surface area contributed by atoms with Crippen molar-refractivity contribution >= 4 is 29.0 Å². The molecule has 9 nitrogen and oxygen atoms in total. The minimum atomic E-state index is -0.509. The summed E-state index contributed by atoms with van der Waals surface area (Å²) in [7, 11) is 1.47.